The van der Waals surface area contributed by atoms with Crippen molar-refractivity contribution in [3.63, 3.8) is 0 Å². The minimum absolute atomic E-state index is 0.102. The highest BCUT2D eigenvalue weighted by Crippen LogP contribution is 1.97. The molecule has 0 saturated carbocycles. The van der Waals surface area contributed by atoms with Crippen LogP contribution in [0.25, 0.3) is 0 Å². The standard InChI is InChI=1S/C8H11NO2.C2H6/c1-3-5-7-8(6-4-2)9(10)11;1-2/h3-7H,1-2H3;1-2H3/b5-3-,6-4-,8-7+;. The average molecular weight is 183 g/mol. The fraction of sp³-hybridized carbons (Fsp3) is 0.400. The summed E-state index contributed by atoms with van der Waals surface area (Å²) in [6.07, 6.45) is 7.93. The molecular formula is C10H17NO2. The largest absolute Gasteiger partial charge is 0.269 e. The maximum absolute atomic E-state index is 10.2. The van der Waals surface area contributed by atoms with E-state index in [-0.39, 0.29) is 5.70 Å². The Labute approximate surface area is 79.6 Å². The van der Waals surface area contributed by atoms with E-state index >= 15 is 0 Å². The third-order valence-corrected chi connectivity index (χ3v) is 1.01. The second-order valence-corrected chi connectivity index (χ2v) is 1.87. The van der Waals surface area contributed by atoms with Gasteiger partial charge in [-0.2, -0.15) is 0 Å². The van der Waals surface area contributed by atoms with Gasteiger partial charge in [0.05, 0.1) is 4.92 Å². The molecule has 0 radical (unpaired) electrons. The van der Waals surface area contributed by atoms with Crippen molar-refractivity contribution in [1.29, 1.82) is 0 Å². The molecule has 0 aromatic carbocycles. The second-order valence-electron chi connectivity index (χ2n) is 1.87. The SMILES string of the molecule is CC.C\C=C/C=C(\C=C/C)[N+](=O)[O-]. The van der Waals surface area contributed by atoms with Gasteiger partial charge >= 0.3 is 0 Å². The fourth-order valence-electron chi connectivity index (χ4n) is 0.543. The van der Waals surface area contributed by atoms with Crippen molar-refractivity contribution in [2.24, 2.45) is 0 Å². The Balaban J connectivity index is 0. The number of nitrogens with zero attached hydrogens (tertiary/aromatic N) is 1. The predicted molar refractivity (Wildman–Crippen MR) is 56.1 cm³/mol. The molecular weight excluding hydrogens is 166 g/mol. The number of hydrogen-bond donors (Lipinski definition) is 0. The molecule has 0 aliphatic rings. The van der Waals surface area contributed by atoms with E-state index in [0.29, 0.717) is 0 Å². The molecule has 0 N–H and O–H groups in total. The van der Waals surface area contributed by atoms with Crippen molar-refractivity contribution in [3.8, 4) is 0 Å². The summed E-state index contributed by atoms with van der Waals surface area (Å²) in [4.78, 5) is 9.83. The van der Waals surface area contributed by atoms with Crippen molar-refractivity contribution in [2.75, 3.05) is 0 Å². The Hall–Kier alpha value is -1.38. The molecule has 0 unspecified atom stereocenters. The van der Waals surface area contributed by atoms with E-state index in [1.807, 2.05) is 20.8 Å². The lowest BCUT2D eigenvalue weighted by molar-refractivity contribution is -0.419. The highest BCUT2D eigenvalue weighted by molar-refractivity contribution is 5.16. The third-order valence-electron chi connectivity index (χ3n) is 1.01. The molecule has 0 aromatic rings. The van der Waals surface area contributed by atoms with Crippen molar-refractivity contribution in [3.05, 3.63) is 46.2 Å². The van der Waals surface area contributed by atoms with Gasteiger partial charge in [-0.15, -0.1) is 0 Å². The number of hydrogen-bond acceptors (Lipinski definition) is 2. The fourth-order valence-corrected chi connectivity index (χ4v) is 0.543. The summed E-state index contributed by atoms with van der Waals surface area (Å²) in [5, 5.41) is 10.2. The normalized spacial score (nSPS) is 11.5. The van der Waals surface area contributed by atoms with Gasteiger partial charge in [0.1, 0.15) is 0 Å². The topological polar surface area (TPSA) is 43.1 Å². The van der Waals surface area contributed by atoms with E-state index in [4.69, 9.17) is 0 Å². The summed E-state index contributed by atoms with van der Waals surface area (Å²) in [6.45, 7) is 7.55. The van der Waals surface area contributed by atoms with Crippen molar-refractivity contribution < 1.29 is 4.92 Å². The van der Waals surface area contributed by atoms with Crippen LogP contribution < -0.4 is 0 Å². The van der Waals surface area contributed by atoms with Crippen molar-refractivity contribution in [2.45, 2.75) is 27.7 Å². The van der Waals surface area contributed by atoms with E-state index in [1.54, 1.807) is 25.2 Å². The Morgan fingerprint density at radius 1 is 1.23 bits per heavy atom. The van der Waals surface area contributed by atoms with Gasteiger partial charge < -0.3 is 0 Å². The van der Waals surface area contributed by atoms with E-state index in [2.05, 4.69) is 0 Å². The Kier molecular flexibility index (Phi) is 11.6. The van der Waals surface area contributed by atoms with Gasteiger partial charge in [0.15, 0.2) is 0 Å². The van der Waals surface area contributed by atoms with Gasteiger partial charge in [-0.25, -0.2) is 0 Å². The summed E-state index contributed by atoms with van der Waals surface area (Å²) in [7, 11) is 0. The molecule has 0 atom stereocenters. The highest BCUT2D eigenvalue weighted by Gasteiger charge is 2.01. The first-order chi connectivity index (χ1) is 6.22. The minimum atomic E-state index is -0.417. The van der Waals surface area contributed by atoms with Crippen LogP contribution in [0.1, 0.15) is 27.7 Å². The van der Waals surface area contributed by atoms with Crippen LogP contribution in [0.5, 0.6) is 0 Å². The number of nitro groups is 1. The Bertz CT molecular complexity index is 215. The lowest BCUT2D eigenvalue weighted by atomic mass is 10.3. The van der Waals surface area contributed by atoms with Gasteiger partial charge in [-0.1, -0.05) is 32.1 Å². The Morgan fingerprint density at radius 3 is 2.08 bits per heavy atom. The summed E-state index contributed by atoms with van der Waals surface area (Å²) in [5.74, 6) is 0. The molecule has 0 amide bonds. The minimum Gasteiger partial charge on any atom is -0.258 e. The summed E-state index contributed by atoms with van der Waals surface area (Å²) in [6, 6.07) is 0. The van der Waals surface area contributed by atoms with E-state index < -0.39 is 4.92 Å². The third kappa shape index (κ3) is 8.53. The Morgan fingerprint density at radius 2 is 1.77 bits per heavy atom. The smallest absolute Gasteiger partial charge is 0.258 e. The quantitative estimate of drug-likeness (QED) is 0.382. The first-order valence-electron chi connectivity index (χ1n) is 4.32. The van der Waals surface area contributed by atoms with Crippen LogP contribution in [0.2, 0.25) is 0 Å². The average Bonchev–Trinajstić information content (AvgIpc) is 2.15. The number of rotatable bonds is 3. The lowest BCUT2D eigenvalue weighted by Gasteiger charge is -1.86. The van der Waals surface area contributed by atoms with Gasteiger partial charge in [0.25, 0.3) is 5.70 Å². The maximum Gasteiger partial charge on any atom is 0.269 e. The van der Waals surface area contributed by atoms with Gasteiger partial charge in [0.2, 0.25) is 0 Å². The van der Waals surface area contributed by atoms with E-state index in [0.717, 1.165) is 0 Å². The molecule has 0 rings (SSSR count). The van der Waals surface area contributed by atoms with Gasteiger partial charge in [0, 0.05) is 12.2 Å². The molecule has 0 aliphatic heterocycles. The van der Waals surface area contributed by atoms with Crippen molar-refractivity contribution in [1.82, 2.24) is 0 Å². The van der Waals surface area contributed by atoms with E-state index in [1.165, 1.54) is 12.2 Å². The zero-order chi connectivity index (χ0) is 10.7. The maximum atomic E-state index is 10.2. The molecule has 74 valence electrons. The first kappa shape index (κ1) is 14.2. The molecule has 0 saturated heterocycles. The van der Waals surface area contributed by atoms with Crippen LogP contribution in [0.3, 0.4) is 0 Å². The van der Waals surface area contributed by atoms with Gasteiger partial charge in [-0.05, 0) is 13.8 Å². The monoisotopic (exact) mass is 183 g/mol. The zero-order valence-corrected chi connectivity index (χ0v) is 8.65. The number of allylic oxidation sites excluding steroid dienone is 5. The molecule has 3 heteroatoms. The summed E-state index contributed by atoms with van der Waals surface area (Å²) < 4.78 is 0. The molecule has 3 nitrogen and oxygen atoms in total. The van der Waals surface area contributed by atoms with Crippen LogP contribution in [0.4, 0.5) is 0 Å². The zero-order valence-electron chi connectivity index (χ0n) is 8.65. The highest BCUT2D eigenvalue weighted by atomic mass is 16.6. The molecule has 0 aliphatic carbocycles. The molecule has 13 heavy (non-hydrogen) atoms. The summed E-state index contributed by atoms with van der Waals surface area (Å²) in [5.41, 5.74) is 0.102. The van der Waals surface area contributed by atoms with Crippen LogP contribution in [0.15, 0.2) is 36.1 Å². The first-order valence-corrected chi connectivity index (χ1v) is 4.32. The predicted octanol–water partition coefficient (Wildman–Crippen LogP) is 3.33. The van der Waals surface area contributed by atoms with Crippen LogP contribution in [-0.2, 0) is 0 Å². The van der Waals surface area contributed by atoms with Crippen LogP contribution in [-0.4, -0.2) is 4.92 Å². The van der Waals surface area contributed by atoms with Crippen LogP contribution in [0, 0.1) is 10.1 Å². The molecule has 0 spiro atoms. The van der Waals surface area contributed by atoms with Crippen LogP contribution >= 0.6 is 0 Å². The second kappa shape index (κ2) is 10.6. The summed E-state index contributed by atoms with van der Waals surface area (Å²) >= 11 is 0. The lowest BCUT2D eigenvalue weighted by Crippen LogP contribution is -1.93. The van der Waals surface area contributed by atoms with E-state index in [9.17, 15) is 10.1 Å². The molecule has 0 bridgehead atoms. The molecule has 0 fully saturated rings. The van der Waals surface area contributed by atoms with Gasteiger partial charge in [-0.3, -0.25) is 10.1 Å². The van der Waals surface area contributed by atoms with Crippen molar-refractivity contribution >= 4 is 0 Å². The molecule has 0 aromatic heterocycles. The molecule has 0 heterocycles.